The predicted molar refractivity (Wildman–Crippen MR) is 69.1 cm³/mol. The number of nitriles is 2. The summed E-state index contributed by atoms with van der Waals surface area (Å²) in [5.41, 5.74) is 0.807. The first-order valence-corrected chi connectivity index (χ1v) is 5.88. The number of anilines is 1. The van der Waals surface area contributed by atoms with Gasteiger partial charge in [0.05, 0.1) is 35.7 Å². The Morgan fingerprint density at radius 3 is 2.12 bits per heavy atom. The zero-order valence-corrected chi connectivity index (χ0v) is 10.7. The lowest BCUT2D eigenvalue weighted by atomic mass is 10.2. The molecule has 0 saturated carbocycles. The lowest BCUT2D eigenvalue weighted by Gasteiger charge is -2.23. The third-order valence-electron chi connectivity index (χ3n) is 2.24. The normalized spacial score (nSPS) is 9.41. The third-order valence-corrected chi connectivity index (χ3v) is 2.78. The molecule has 0 atom stereocenters. The quantitative estimate of drug-likeness (QED) is 0.819. The van der Waals surface area contributed by atoms with Gasteiger partial charge in [-0.2, -0.15) is 10.5 Å². The van der Waals surface area contributed by atoms with E-state index >= 15 is 0 Å². The Hall–Kier alpha value is -1.42. The molecule has 0 radical (unpaired) electrons. The van der Waals surface area contributed by atoms with Crippen molar-refractivity contribution in [3.8, 4) is 12.1 Å². The minimum atomic E-state index is 0.393. The number of rotatable bonds is 5. The van der Waals surface area contributed by atoms with Crippen LogP contribution in [0, 0.1) is 22.7 Å². The van der Waals surface area contributed by atoms with Gasteiger partial charge in [0, 0.05) is 18.1 Å². The fourth-order valence-electron chi connectivity index (χ4n) is 1.46. The zero-order valence-electron chi connectivity index (χ0n) is 9.16. The molecule has 3 nitrogen and oxygen atoms in total. The van der Waals surface area contributed by atoms with E-state index in [2.05, 4.69) is 12.1 Å². The van der Waals surface area contributed by atoms with Gasteiger partial charge in [0.25, 0.3) is 0 Å². The Labute approximate surface area is 111 Å². The highest BCUT2D eigenvalue weighted by Gasteiger charge is 2.10. The van der Waals surface area contributed by atoms with Crippen molar-refractivity contribution >= 4 is 28.9 Å². The summed E-state index contributed by atoms with van der Waals surface area (Å²) in [6.45, 7) is 1.11. The molecular formula is C12H11Cl2N3. The molecule has 17 heavy (non-hydrogen) atoms. The first-order chi connectivity index (χ1) is 8.19. The van der Waals surface area contributed by atoms with Gasteiger partial charge in [-0.1, -0.05) is 23.2 Å². The second-order valence-corrected chi connectivity index (χ2v) is 4.24. The summed E-state index contributed by atoms with van der Waals surface area (Å²) in [7, 11) is 0. The second-order valence-electron chi connectivity index (χ2n) is 3.40. The lowest BCUT2D eigenvalue weighted by molar-refractivity contribution is 0.796. The summed E-state index contributed by atoms with van der Waals surface area (Å²) < 4.78 is 0. The fraction of sp³-hybridized carbons (Fsp3) is 0.333. The van der Waals surface area contributed by atoms with Gasteiger partial charge in [-0.3, -0.25) is 0 Å². The maximum absolute atomic E-state index is 8.61. The third kappa shape index (κ3) is 4.15. The Kier molecular flexibility index (Phi) is 5.63. The van der Waals surface area contributed by atoms with Crippen LogP contribution in [-0.4, -0.2) is 13.1 Å². The largest absolute Gasteiger partial charge is 0.368 e. The van der Waals surface area contributed by atoms with Crippen LogP contribution in [0.4, 0.5) is 5.69 Å². The first kappa shape index (κ1) is 13.6. The van der Waals surface area contributed by atoms with Gasteiger partial charge in [-0.15, -0.1) is 0 Å². The molecule has 0 bridgehead atoms. The van der Waals surface area contributed by atoms with Gasteiger partial charge in [0.1, 0.15) is 0 Å². The topological polar surface area (TPSA) is 50.8 Å². The zero-order chi connectivity index (χ0) is 12.7. The Balaban J connectivity index is 2.88. The summed E-state index contributed by atoms with van der Waals surface area (Å²) in [6.07, 6.45) is 0.786. The molecule has 0 unspecified atom stereocenters. The second kappa shape index (κ2) is 7.01. The number of hydrogen-bond donors (Lipinski definition) is 0. The van der Waals surface area contributed by atoms with E-state index in [4.69, 9.17) is 33.7 Å². The number of halogens is 2. The van der Waals surface area contributed by atoms with E-state index in [1.807, 2.05) is 4.90 Å². The Morgan fingerprint density at radius 2 is 1.65 bits per heavy atom. The van der Waals surface area contributed by atoms with Gasteiger partial charge >= 0.3 is 0 Å². The van der Waals surface area contributed by atoms with Crippen LogP contribution in [0.3, 0.4) is 0 Å². The monoisotopic (exact) mass is 267 g/mol. The van der Waals surface area contributed by atoms with Crippen molar-refractivity contribution in [1.82, 2.24) is 0 Å². The molecule has 0 aliphatic heterocycles. The van der Waals surface area contributed by atoms with E-state index in [0.29, 0.717) is 36.0 Å². The Morgan fingerprint density at radius 1 is 1.06 bits per heavy atom. The van der Waals surface area contributed by atoms with Crippen LogP contribution < -0.4 is 4.90 Å². The molecule has 88 valence electrons. The van der Waals surface area contributed by atoms with Gasteiger partial charge in [0.15, 0.2) is 0 Å². The average Bonchev–Trinajstić information content (AvgIpc) is 2.30. The number of nitrogens with zero attached hydrogens (tertiary/aromatic N) is 3. The van der Waals surface area contributed by atoms with Gasteiger partial charge < -0.3 is 4.90 Å². The van der Waals surface area contributed by atoms with Crippen molar-refractivity contribution in [2.45, 2.75) is 12.8 Å². The van der Waals surface area contributed by atoms with Crippen molar-refractivity contribution in [2.75, 3.05) is 18.0 Å². The summed E-state index contributed by atoms with van der Waals surface area (Å²) in [4.78, 5) is 1.92. The van der Waals surface area contributed by atoms with Gasteiger partial charge in [-0.25, -0.2) is 0 Å². The molecule has 0 aliphatic rings. The van der Waals surface area contributed by atoms with Crippen molar-refractivity contribution < 1.29 is 0 Å². The maximum atomic E-state index is 8.61. The van der Waals surface area contributed by atoms with Gasteiger partial charge in [0.2, 0.25) is 0 Å². The smallest absolute Gasteiger partial charge is 0.0654 e. The van der Waals surface area contributed by atoms with Crippen molar-refractivity contribution in [1.29, 1.82) is 10.5 Å². The Bertz CT molecular complexity index is 442. The van der Waals surface area contributed by atoms with E-state index in [1.54, 1.807) is 18.2 Å². The average molecular weight is 268 g/mol. The molecule has 1 aromatic carbocycles. The molecule has 0 heterocycles. The van der Waals surface area contributed by atoms with Crippen LogP contribution in [-0.2, 0) is 0 Å². The van der Waals surface area contributed by atoms with Crippen LogP contribution >= 0.6 is 23.2 Å². The lowest BCUT2D eigenvalue weighted by Crippen LogP contribution is -2.25. The summed E-state index contributed by atoms with van der Waals surface area (Å²) >= 11 is 11.9. The number of hydrogen-bond acceptors (Lipinski definition) is 3. The van der Waals surface area contributed by atoms with E-state index in [9.17, 15) is 0 Å². The van der Waals surface area contributed by atoms with E-state index in [0.717, 1.165) is 5.69 Å². The number of benzene rings is 1. The van der Waals surface area contributed by atoms with Crippen molar-refractivity contribution in [2.24, 2.45) is 0 Å². The van der Waals surface area contributed by atoms with Crippen LogP contribution in [0.5, 0.6) is 0 Å². The van der Waals surface area contributed by atoms with E-state index in [1.165, 1.54) is 0 Å². The molecule has 0 aromatic heterocycles. The predicted octanol–water partition coefficient (Wildman–Crippen LogP) is 3.63. The molecule has 0 aliphatic carbocycles. The molecule has 5 heteroatoms. The summed E-state index contributed by atoms with van der Waals surface area (Å²) in [5.74, 6) is 0. The molecular weight excluding hydrogens is 257 g/mol. The maximum Gasteiger partial charge on any atom is 0.0654 e. The van der Waals surface area contributed by atoms with Crippen LogP contribution in [0.1, 0.15) is 12.8 Å². The van der Waals surface area contributed by atoms with Crippen LogP contribution in [0.2, 0.25) is 10.0 Å². The molecule has 1 rings (SSSR count). The van der Waals surface area contributed by atoms with E-state index in [-0.39, 0.29) is 0 Å². The molecule has 1 aromatic rings. The first-order valence-electron chi connectivity index (χ1n) is 5.13. The van der Waals surface area contributed by atoms with E-state index < -0.39 is 0 Å². The standard InChI is InChI=1S/C12H11Cl2N3/c13-10-3-4-12(11(14)9-10)17(7-1-5-15)8-2-6-16/h3-4,9H,1-2,7-8H2. The fourth-order valence-corrected chi connectivity index (χ4v) is 1.99. The summed E-state index contributed by atoms with van der Waals surface area (Å²) in [6, 6.07) is 9.37. The minimum Gasteiger partial charge on any atom is -0.368 e. The van der Waals surface area contributed by atoms with Crippen LogP contribution in [0.25, 0.3) is 0 Å². The minimum absolute atomic E-state index is 0.393. The summed E-state index contributed by atoms with van der Waals surface area (Å²) in [5, 5.41) is 18.3. The molecule has 0 saturated heterocycles. The van der Waals surface area contributed by atoms with Crippen molar-refractivity contribution in [3.63, 3.8) is 0 Å². The molecule has 0 amide bonds. The SMILES string of the molecule is N#CCCN(CCC#N)c1ccc(Cl)cc1Cl. The molecule has 0 spiro atoms. The van der Waals surface area contributed by atoms with Crippen molar-refractivity contribution in [3.05, 3.63) is 28.2 Å². The van der Waals surface area contributed by atoms with Crippen LogP contribution in [0.15, 0.2) is 18.2 Å². The van der Waals surface area contributed by atoms with Gasteiger partial charge in [-0.05, 0) is 18.2 Å². The molecule has 0 N–H and O–H groups in total. The highest BCUT2D eigenvalue weighted by Crippen LogP contribution is 2.28. The highest BCUT2D eigenvalue weighted by molar-refractivity contribution is 6.36. The highest BCUT2D eigenvalue weighted by atomic mass is 35.5. The molecule has 0 fully saturated rings.